The second-order valence-corrected chi connectivity index (χ2v) is 7.88. The Kier molecular flexibility index (Phi) is 4.88. The van der Waals surface area contributed by atoms with Crippen molar-refractivity contribution in [1.82, 2.24) is 9.21 Å². The average molecular weight is 318 g/mol. The highest BCUT2D eigenvalue weighted by atomic mass is 32.2. The van der Waals surface area contributed by atoms with E-state index in [2.05, 4.69) is 0 Å². The molecule has 0 bridgehead atoms. The van der Waals surface area contributed by atoms with Gasteiger partial charge in [-0.15, -0.1) is 0 Å². The quantitative estimate of drug-likeness (QED) is 0.794. The minimum atomic E-state index is -3.29. The molecule has 2 fully saturated rings. The monoisotopic (exact) mass is 318 g/mol. The van der Waals surface area contributed by atoms with E-state index in [4.69, 9.17) is 5.11 Å². The summed E-state index contributed by atoms with van der Waals surface area (Å²) in [6.07, 6.45) is 2.43. The van der Waals surface area contributed by atoms with Crippen LogP contribution in [0.5, 0.6) is 0 Å². The first kappa shape index (κ1) is 16.2. The zero-order valence-electron chi connectivity index (χ0n) is 12.2. The number of nitrogens with zero attached hydrogens (tertiary/aromatic N) is 2. The fourth-order valence-corrected chi connectivity index (χ4v) is 4.28. The van der Waals surface area contributed by atoms with E-state index >= 15 is 0 Å². The summed E-state index contributed by atoms with van der Waals surface area (Å²) in [5.74, 6) is -1.58. The van der Waals surface area contributed by atoms with Gasteiger partial charge in [-0.3, -0.25) is 4.79 Å². The number of carboxylic acid groups (broad SMARTS) is 1. The van der Waals surface area contributed by atoms with Crippen LogP contribution in [-0.2, 0) is 19.6 Å². The van der Waals surface area contributed by atoms with Crippen LogP contribution in [-0.4, -0.2) is 66.0 Å². The fraction of sp³-hybridized carbons (Fsp3) is 0.846. The fourth-order valence-electron chi connectivity index (χ4n) is 3.10. The first-order valence-electron chi connectivity index (χ1n) is 7.38. The Bertz CT molecular complexity index is 519. The van der Waals surface area contributed by atoms with Gasteiger partial charge in [-0.2, -0.15) is 0 Å². The highest BCUT2D eigenvalue weighted by molar-refractivity contribution is 7.89. The van der Waals surface area contributed by atoms with Crippen LogP contribution >= 0.6 is 0 Å². The topological polar surface area (TPSA) is 95.0 Å². The SMILES string of the molecule is CCS(=O)(=O)N1CCCC(C(=O)N2CCC[C@H]2C(=O)O)C1. The van der Waals surface area contributed by atoms with Gasteiger partial charge in [0.05, 0.1) is 11.7 Å². The van der Waals surface area contributed by atoms with Crippen molar-refractivity contribution in [3.63, 3.8) is 0 Å². The molecule has 120 valence electrons. The summed E-state index contributed by atoms with van der Waals surface area (Å²) in [6.45, 7) is 2.66. The molecular weight excluding hydrogens is 296 g/mol. The summed E-state index contributed by atoms with van der Waals surface area (Å²) in [5, 5.41) is 9.15. The Hall–Kier alpha value is -1.15. The zero-order chi connectivity index (χ0) is 15.6. The van der Waals surface area contributed by atoms with E-state index in [0.717, 1.165) is 0 Å². The predicted molar refractivity (Wildman–Crippen MR) is 76.1 cm³/mol. The molecule has 0 radical (unpaired) electrons. The van der Waals surface area contributed by atoms with Gasteiger partial charge in [-0.1, -0.05) is 0 Å². The summed E-state index contributed by atoms with van der Waals surface area (Å²) >= 11 is 0. The minimum absolute atomic E-state index is 0.0232. The van der Waals surface area contributed by atoms with Gasteiger partial charge in [-0.05, 0) is 32.6 Å². The van der Waals surface area contributed by atoms with E-state index in [1.165, 1.54) is 9.21 Å². The van der Waals surface area contributed by atoms with E-state index in [9.17, 15) is 18.0 Å². The van der Waals surface area contributed by atoms with Crippen LogP contribution in [0.15, 0.2) is 0 Å². The Balaban J connectivity index is 2.07. The van der Waals surface area contributed by atoms with Crippen LogP contribution in [0.25, 0.3) is 0 Å². The van der Waals surface area contributed by atoms with Gasteiger partial charge >= 0.3 is 5.97 Å². The van der Waals surface area contributed by atoms with Crippen molar-refractivity contribution in [2.45, 2.75) is 38.6 Å². The third-order valence-electron chi connectivity index (χ3n) is 4.31. The van der Waals surface area contributed by atoms with Crippen molar-refractivity contribution in [1.29, 1.82) is 0 Å². The second kappa shape index (κ2) is 6.31. The molecule has 2 aliphatic rings. The Morgan fingerprint density at radius 2 is 1.86 bits per heavy atom. The number of carbonyl (C=O) groups is 2. The zero-order valence-corrected chi connectivity index (χ0v) is 13.0. The van der Waals surface area contributed by atoms with Gasteiger partial charge in [0.1, 0.15) is 6.04 Å². The predicted octanol–water partition coefficient (Wildman–Crippen LogP) is 0.124. The number of hydrogen-bond acceptors (Lipinski definition) is 4. The first-order chi connectivity index (χ1) is 9.86. The van der Waals surface area contributed by atoms with E-state index in [0.29, 0.717) is 38.8 Å². The molecule has 2 rings (SSSR count). The van der Waals surface area contributed by atoms with E-state index in [1.807, 2.05) is 0 Å². The van der Waals surface area contributed by atoms with Crippen LogP contribution in [0.3, 0.4) is 0 Å². The summed E-state index contributed by atoms with van der Waals surface area (Å²) in [6, 6.07) is -0.754. The number of sulfonamides is 1. The molecule has 0 aliphatic carbocycles. The minimum Gasteiger partial charge on any atom is -0.480 e. The van der Waals surface area contributed by atoms with Crippen LogP contribution in [0.1, 0.15) is 32.6 Å². The molecule has 2 heterocycles. The summed E-state index contributed by atoms with van der Waals surface area (Å²) < 4.78 is 25.2. The van der Waals surface area contributed by atoms with Gasteiger partial charge in [0.25, 0.3) is 0 Å². The number of piperidine rings is 1. The molecule has 1 amide bonds. The molecular formula is C13H22N2O5S. The number of amides is 1. The molecule has 8 heteroatoms. The molecule has 2 aliphatic heterocycles. The number of aliphatic carboxylic acids is 1. The van der Waals surface area contributed by atoms with Gasteiger partial charge in [0.2, 0.25) is 15.9 Å². The molecule has 7 nitrogen and oxygen atoms in total. The highest BCUT2D eigenvalue weighted by Gasteiger charge is 2.39. The van der Waals surface area contributed by atoms with Gasteiger partial charge < -0.3 is 10.0 Å². The van der Waals surface area contributed by atoms with Crippen molar-refractivity contribution in [3.05, 3.63) is 0 Å². The lowest BCUT2D eigenvalue weighted by atomic mass is 9.97. The number of likely N-dealkylation sites (tertiary alicyclic amines) is 1. The molecule has 2 saturated heterocycles. The summed E-state index contributed by atoms with van der Waals surface area (Å²) in [4.78, 5) is 25.1. The van der Waals surface area contributed by atoms with E-state index in [1.54, 1.807) is 6.92 Å². The molecule has 0 aromatic heterocycles. The van der Waals surface area contributed by atoms with Crippen molar-refractivity contribution in [2.75, 3.05) is 25.4 Å². The van der Waals surface area contributed by atoms with Crippen molar-refractivity contribution >= 4 is 21.9 Å². The molecule has 2 atom stereocenters. The molecule has 0 spiro atoms. The standard InChI is InChI=1S/C13H22N2O5S/c1-2-21(19,20)14-7-3-5-10(9-14)12(16)15-8-4-6-11(15)13(17)18/h10-11H,2-9H2,1H3,(H,17,18)/t10?,11-/m0/s1. The maximum Gasteiger partial charge on any atom is 0.326 e. The van der Waals surface area contributed by atoms with Crippen LogP contribution < -0.4 is 0 Å². The van der Waals surface area contributed by atoms with Crippen molar-refractivity contribution in [3.8, 4) is 0 Å². The second-order valence-electron chi connectivity index (χ2n) is 5.63. The van der Waals surface area contributed by atoms with Crippen LogP contribution in [0, 0.1) is 5.92 Å². The normalized spacial score (nSPS) is 27.8. The number of carbonyl (C=O) groups excluding carboxylic acids is 1. The maximum absolute atomic E-state index is 12.5. The highest BCUT2D eigenvalue weighted by Crippen LogP contribution is 2.26. The van der Waals surface area contributed by atoms with E-state index in [-0.39, 0.29) is 18.2 Å². The third-order valence-corrected chi connectivity index (χ3v) is 6.16. The molecule has 0 saturated carbocycles. The van der Waals surface area contributed by atoms with Crippen molar-refractivity contribution < 1.29 is 23.1 Å². The largest absolute Gasteiger partial charge is 0.480 e. The number of carboxylic acids is 1. The first-order valence-corrected chi connectivity index (χ1v) is 8.99. The summed E-state index contributed by atoms with van der Waals surface area (Å²) in [5.41, 5.74) is 0. The Morgan fingerprint density at radius 3 is 2.48 bits per heavy atom. The van der Waals surface area contributed by atoms with Crippen LogP contribution in [0.4, 0.5) is 0 Å². The maximum atomic E-state index is 12.5. The molecule has 0 aromatic rings. The molecule has 21 heavy (non-hydrogen) atoms. The molecule has 1 N–H and O–H groups in total. The number of hydrogen-bond donors (Lipinski definition) is 1. The Morgan fingerprint density at radius 1 is 1.19 bits per heavy atom. The molecule has 1 unspecified atom stereocenters. The number of rotatable bonds is 4. The van der Waals surface area contributed by atoms with Gasteiger partial charge in [0.15, 0.2) is 0 Å². The van der Waals surface area contributed by atoms with Crippen molar-refractivity contribution in [2.24, 2.45) is 5.92 Å². The smallest absolute Gasteiger partial charge is 0.326 e. The lowest BCUT2D eigenvalue weighted by molar-refractivity contribution is -0.150. The Labute approximate surface area is 125 Å². The van der Waals surface area contributed by atoms with Crippen LogP contribution in [0.2, 0.25) is 0 Å². The lowest BCUT2D eigenvalue weighted by Gasteiger charge is -2.34. The van der Waals surface area contributed by atoms with Gasteiger partial charge in [-0.25, -0.2) is 17.5 Å². The summed E-state index contributed by atoms with van der Waals surface area (Å²) in [7, 11) is -3.29. The molecule has 0 aromatic carbocycles. The van der Waals surface area contributed by atoms with E-state index < -0.39 is 28.0 Å². The lowest BCUT2D eigenvalue weighted by Crippen LogP contribution is -2.49. The third kappa shape index (κ3) is 3.37. The average Bonchev–Trinajstić information content (AvgIpc) is 2.96. The van der Waals surface area contributed by atoms with Gasteiger partial charge in [0, 0.05) is 19.6 Å².